The van der Waals surface area contributed by atoms with Crippen molar-refractivity contribution in [2.75, 3.05) is 11.9 Å². The van der Waals surface area contributed by atoms with Crippen molar-refractivity contribution in [2.45, 2.75) is 45.4 Å². The molecule has 0 fully saturated rings. The van der Waals surface area contributed by atoms with E-state index in [4.69, 9.17) is 0 Å². The van der Waals surface area contributed by atoms with Gasteiger partial charge in [-0.1, -0.05) is 39.3 Å². The fourth-order valence-corrected chi connectivity index (χ4v) is 2.39. The number of aryl methyl sites for hydroxylation is 1. The standard InChI is InChI=1S/C14H21N/c1-4-5-11-6-7-13-12(10-11)14(2,3)8-9-15-13/h6-7,10,15H,4-5,8-9H2,1-3H3. The first-order valence-electron chi connectivity index (χ1n) is 6.01. The van der Waals surface area contributed by atoms with E-state index in [-0.39, 0.29) is 0 Å². The molecule has 1 N–H and O–H groups in total. The molecule has 0 saturated carbocycles. The van der Waals surface area contributed by atoms with Crippen LogP contribution in [0.2, 0.25) is 0 Å². The van der Waals surface area contributed by atoms with E-state index in [2.05, 4.69) is 44.3 Å². The summed E-state index contributed by atoms with van der Waals surface area (Å²) in [5.74, 6) is 0. The van der Waals surface area contributed by atoms with Crippen LogP contribution in [0.3, 0.4) is 0 Å². The Labute approximate surface area is 92.9 Å². The average Bonchev–Trinajstić information content (AvgIpc) is 2.19. The Balaban J connectivity index is 2.39. The molecule has 2 rings (SSSR count). The van der Waals surface area contributed by atoms with Crippen molar-refractivity contribution < 1.29 is 0 Å². The second kappa shape index (κ2) is 3.88. The van der Waals surface area contributed by atoms with Gasteiger partial charge < -0.3 is 5.32 Å². The highest BCUT2D eigenvalue weighted by molar-refractivity contribution is 5.57. The smallest absolute Gasteiger partial charge is 0.0378 e. The highest BCUT2D eigenvalue weighted by Gasteiger charge is 2.27. The quantitative estimate of drug-likeness (QED) is 0.772. The Kier molecular flexibility index (Phi) is 2.72. The van der Waals surface area contributed by atoms with Gasteiger partial charge in [0.2, 0.25) is 0 Å². The van der Waals surface area contributed by atoms with Gasteiger partial charge in [-0.3, -0.25) is 0 Å². The summed E-state index contributed by atoms with van der Waals surface area (Å²) in [6, 6.07) is 6.91. The molecule has 0 amide bonds. The second-order valence-corrected chi connectivity index (χ2v) is 5.19. The molecule has 1 aromatic rings. The number of fused-ring (bicyclic) bond motifs is 1. The van der Waals surface area contributed by atoms with Crippen molar-refractivity contribution in [1.82, 2.24) is 0 Å². The lowest BCUT2D eigenvalue weighted by Gasteiger charge is -2.33. The summed E-state index contributed by atoms with van der Waals surface area (Å²) in [5.41, 5.74) is 4.66. The van der Waals surface area contributed by atoms with Crippen LogP contribution in [0.25, 0.3) is 0 Å². The summed E-state index contributed by atoms with van der Waals surface area (Å²) in [6.07, 6.45) is 3.66. The van der Waals surface area contributed by atoms with Gasteiger partial charge in [0.15, 0.2) is 0 Å². The molecule has 15 heavy (non-hydrogen) atoms. The summed E-state index contributed by atoms with van der Waals surface area (Å²) in [6.45, 7) is 8.04. The molecular weight excluding hydrogens is 182 g/mol. The lowest BCUT2D eigenvalue weighted by atomic mass is 9.77. The summed E-state index contributed by atoms with van der Waals surface area (Å²) in [5, 5.41) is 3.49. The van der Waals surface area contributed by atoms with E-state index in [1.165, 1.54) is 36.1 Å². The molecular formula is C14H21N. The van der Waals surface area contributed by atoms with Crippen LogP contribution in [0.4, 0.5) is 5.69 Å². The molecule has 0 bridgehead atoms. The van der Waals surface area contributed by atoms with Gasteiger partial charge >= 0.3 is 0 Å². The topological polar surface area (TPSA) is 12.0 Å². The molecule has 0 aliphatic carbocycles. The van der Waals surface area contributed by atoms with Gasteiger partial charge in [-0.2, -0.15) is 0 Å². The maximum absolute atomic E-state index is 3.49. The van der Waals surface area contributed by atoms with Gasteiger partial charge in [0.1, 0.15) is 0 Å². The van der Waals surface area contributed by atoms with E-state index in [1.807, 2.05) is 0 Å². The minimum absolute atomic E-state index is 0.338. The lowest BCUT2D eigenvalue weighted by molar-refractivity contribution is 0.481. The fraction of sp³-hybridized carbons (Fsp3) is 0.571. The maximum Gasteiger partial charge on any atom is 0.0378 e. The molecule has 1 aliphatic rings. The highest BCUT2D eigenvalue weighted by atomic mass is 14.9. The summed E-state index contributed by atoms with van der Waals surface area (Å²) >= 11 is 0. The van der Waals surface area contributed by atoms with Crippen molar-refractivity contribution in [2.24, 2.45) is 0 Å². The summed E-state index contributed by atoms with van der Waals surface area (Å²) in [7, 11) is 0. The minimum atomic E-state index is 0.338. The van der Waals surface area contributed by atoms with Gasteiger partial charge in [0, 0.05) is 12.2 Å². The second-order valence-electron chi connectivity index (χ2n) is 5.19. The molecule has 1 aliphatic heterocycles. The van der Waals surface area contributed by atoms with Crippen LogP contribution in [0, 0.1) is 0 Å². The Morgan fingerprint density at radius 3 is 2.87 bits per heavy atom. The van der Waals surface area contributed by atoms with Crippen molar-refractivity contribution >= 4 is 5.69 Å². The van der Waals surface area contributed by atoms with E-state index in [9.17, 15) is 0 Å². The number of hydrogen-bond donors (Lipinski definition) is 1. The maximum atomic E-state index is 3.49. The molecule has 0 spiro atoms. The van der Waals surface area contributed by atoms with Gasteiger partial charge in [0.25, 0.3) is 0 Å². The Morgan fingerprint density at radius 1 is 1.33 bits per heavy atom. The van der Waals surface area contributed by atoms with E-state index in [0.717, 1.165) is 6.54 Å². The zero-order valence-corrected chi connectivity index (χ0v) is 10.1. The molecule has 0 aromatic heterocycles. The first kappa shape index (κ1) is 10.5. The monoisotopic (exact) mass is 203 g/mol. The van der Waals surface area contributed by atoms with Crippen molar-refractivity contribution in [3.63, 3.8) is 0 Å². The van der Waals surface area contributed by atoms with E-state index in [1.54, 1.807) is 0 Å². The van der Waals surface area contributed by atoms with Gasteiger partial charge in [0.05, 0.1) is 0 Å². The van der Waals surface area contributed by atoms with Crippen LogP contribution in [-0.4, -0.2) is 6.54 Å². The highest BCUT2D eigenvalue weighted by Crippen LogP contribution is 2.37. The Bertz CT molecular complexity index is 352. The number of hydrogen-bond acceptors (Lipinski definition) is 1. The third-order valence-electron chi connectivity index (χ3n) is 3.42. The predicted molar refractivity (Wildman–Crippen MR) is 66.6 cm³/mol. The van der Waals surface area contributed by atoms with Gasteiger partial charge in [-0.25, -0.2) is 0 Å². The largest absolute Gasteiger partial charge is 0.385 e. The van der Waals surface area contributed by atoms with Crippen LogP contribution in [0.15, 0.2) is 18.2 Å². The zero-order valence-electron chi connectivity index (χ0n) is 10.1. The number of nitrogens with one attached hydrogen (secondary N) is 1. The Hall–Kier alpha value is -0.980. The Morgan fingerprint density at radius 2 is 2.13 bits per heavy atom. The normalized spacial score (nSPS) is 18.1. The van der Waals surface area contributed by atoms with Crippen molar-refractivity contribution in [3.05, 3.63) is 29.3 Å². The molecule has 82 valence electrons. The predicted octanol–water partition coefficient (Wildman–Crippen LogP) is 3.73. The van der Waals surface area contributed by atoms with Crippen LogP contribution >= 0.6 is 0 Å². The molecule has 1 heteroatoms. The number of rotatable bonds is 2. The first-order chi connectivity index (χ1) is 7.13. The first-order valence-corrected chi connectivity index (χ1v) is 6.01. The molecule has 0 unspecified atom stereocenters. The van der Waals surface area contributed by atoms with E-state index >= 15 is 0 Å². The molecule has 0 saturated heterocycles. The SMILES string of the molecule is CCCc1ccc2c(c1)C(C)(C)CCN2. The van der Waals surface area contributed by atoms with E-state index in [0.29, 0.717) is 5.41 Å². The average molecular weight is 203 g/mol. The molecule has 1 heterocycles. The zero-order chi connectivity index (χ0) is 10.9. The molecule has 1 nitrogen and oxygen atoms in total. The van der Waals surface area contributed by atoms with Crippen LogP contribution in [0.5, 0.6) is 0 Å². The molecule has 0 radical (unpaired) electrons. The number of anilines is 1. The van der Waals surface area contributed by atoms with Crippen LogP contribution < -0.4 is 5.32 Å². The summed E-state index contributed by atoms with van der Waals surface area (Å²) in [4.78, 5) is 0. The number of benzene rings is 1. The third-order valence-corrected chi connectivity index (χ3v) is 3.42. The fourth-order valence-electron chi connectivity index (χ4n) is 2.39. The van der Waals surface area contributed by atoms with Crippen molar-refractivity contribution in [1.29, 1.82) is 0 Å². The third kappa shape index (κ3) is 2.01. The van der Waals surface area contributed by atoms with Crippen LogP contribution in [-0.2, 0) is 11.8 Å². The van der Waals surface area contributed by atoms with E-state index < -0.39 is 0 Å². The lowest BCUT2D eigenvalue weighted by Crippen LogP contribution is -2.28. The molecule has 1 aromatic carbocycles. The minimum Gasteiger partial charge on any atom is -0.385 e. The van der Waals surface area contributed by atoms with Crippen LogP contribution in [0.1, 0.15) is 44.7 Å². The van der Waals surface area contributed by atoms with Crippen molar-refractivity contribution in [3.8, 4) is 0 Å². The van der Waals surface area contributed by atoms with Gasteiger partial charge in [-0.15, -0.1) is 0 Å². The van der Waals surface area contributed by atoms with Gasteiger partial charge in [-0.05, 0) is 35.4 Å². The molecule has 0 atom stereocenters. The summed E-state index contributed by atoms with van der Waals surface area (Å²) < 4.78 is 0.